The highest BCUT2D eigenvalue weighted by Crippen LogP contribution is 2.08. The second kappa shape index (κ2) is 4.69. The van der Waals surface area contributed by atoms with E-state index < -0.39 is 0 Å². The molecule has 6 heteroatoms. The molecule has 0 aromatic carbocycles. The first-order valence-electron chi connectivity index (χ1n) is 5.11. The number of carbonyl (C=O) groups excluding carboxylic acids is 1. The summed E-state index contributed by atoms with van der Waals surface area (Å²) in [6.07, 6.45) is 4.50. The third-order valence-corrected chi connectivity index (χ3v) is 2.52. The number of carbonyl (C=O) groups is 1. The van der Waals surface area contributed by atoms with Gasteiger partial charge in [-0.2, -0.15) is 5.10 Å². The normalized spacial score (nSPS) is 16.0. The fraction of sp³-hybridized carbons (Fsp3) is 0.400. The first kappa shape index (κ1) is 10.5. The Bertz CT molecular complexity index is 372. The van der Waals surface area contributed by atoms with Gasteiger partial charge in [0, 0.05) is 26.2 Å². The van der Waals surface area contributed by atoms with E-state index >= 15 is 0 Å². The number of piperazine rings is 1. The van der Waals surface area contributed by atoms with E-state index in [0.717, 1.165) is 13.1 Å². The molecule has 0 aliphatic carbocycles. The summed E-state index contributed by atoms with van der Waals surface area (Å²) in [7, 11) is 0. The Morgan fingerprint density at radius 2 is 2.06 bits per heavy atom. The second-order valence-corrected chi connectivity index (χ2v) is 3.46. The molecule has 6 nitrogen and oxygen atoms in total. The second-order valence-electron chi connectivity index (χ2n) is 3.46. The van der Waals surface area contributed by atoms with Crippen molar-refractivity contribution in [3.05, 3.63) is 25.0 Å². The Morgan fingerprint density at radius 3 is 2.62 bits per heavy atom. The summed E-state index contributed by atoms with van der Waals surface area (Å²) in [5, 5.41) is 7.71. The summed E-state index contributed by atoms with van der Waals surface area (Å²) in [5.74, 6) is 0.597. The van der Waals surface area contributed by atoms with Gasteiger partial charge >= 0.3 is 0 Å². The van der Waals surface area contributed by atoms with Crippen molar-refractivity contribution in [3.63, 3.8) is 0 Å². The SMILES string of the molecule is C=CC(=O)N1CCN(c2nccnn2)CC1. The molecule has 2 heterocycles. The zero-order chi connectivity index (χ0) is 11.4. The molecule has 84 valence electrons. The molecule has 1 aromatic heterocycles. The number of hydrogen-bond acceptors (Lipinski definition) is 5. The Labute approximate surface area is 93.6 Å². The van der Waals surface area contributed by atoms with Crippen molar-refractivity contribution in [1.29, 1.82) is 0 Å². The predicted molar refractivity (Wildman–Crippen MR) is 58.8 cm³/mol. The van der Waals surface area contributed by atoms with Crippen LogP contribution >= 0.6 is 0 Å². The van der Waals surface area contributed by atoms with Crippen LogP contribution in [-0.2, 0) is 4.79 Å². The fourth-order valence-corrected chi connectivity index (χ4v) is 1.64. The fourth-order valence-electron chi connectivity index (χ4n) is 1.64. The molecule has 16 heavy (non-hydrogen) atoms. The van der Waals surface area contributed by atoms with E-state index in [2.05, 4.69) is 21.8 Å². The third kappa shape index (κ3) is 2.16. The monoisotopic (exact) mass is 219 g/mol. The predicted octanol–water partition coefficient (Wildman–Crippen LogP) is -0.294. The van der Waals surface area contributed by atoms with Gasteiger partial charge in [0.15, 0.2) is 0 Å². The van der Waals surface area contributed by atoms with Crippen LogP contribution in [0.1, 0.15) is 0 Å². The van der Waals surface area contributed by atoms with Crippen LogP contribution in [0.4, 0.5) is 5.95 Å². The average molecular weight is 219 g/mol. The maximum absolute atomic E-state index is 11.4. The molecular formula is C10H13N5O. The van der Waals surface area contributed by atoms with Crippen LogP contribution in [0.5, 0.6) is 0 Å². The number of aromatic nitrogens is 3. The van der Waals surface area contributed by atoms with Crippen LogP contribution in [0.15, 0.2) is 25.0 Å². The summed E-state index contributed by atoms with van der Waals surface area (Å²) in [6.45, 7) is 6.27. The van der Waals surface area contributed by atoms with Crippen molar-refractivity contribution < 1.29 is 4.79 Å². The van der Waals surface area contributed by atoms with Crippen LogP contribution in [0.3, 0.4) is 0 Å². The van der Waals surface area contributed by atoms with Crippen molar-refractivity contribution in [3.8, 4) is 0 Å². The van der Waals surface area contributed by atoms with Crippen molar-refractivity contribution in [2.45, 2.75) is 0 Å². The zero-order valence-electron chi connectivity index (χ0n) is 8.91. The Morgan fingerprint density at radius 1 is 1.31 bits per heavy atom. The molecule has 2 rings (SSSR count). The molecule has 1 amide bonds. The van der Waals surface area contributed by atoms with Crippen LogP contribution in [0.25, 0.3) is 0 Å². The largest absolute Gasteiger partial charge is 0.336 e. The maximum Gasteiger partial charge on any atom is 0.246 e. The summed E-state index contributed by atoms with van der Waals surface area (Å²) in [6, 6.07) is 0. The average Bonchev–Trinajstić information content (AvgIpc) is 2.39. The molecule has 0 atom stereocenters. The smallest absolute Gasteiger partial charge is 0.246 e. The number of rotatable bonds is 2. The van der Waals surface area contributed by atoms with Crippen molar-refractivity contribution in [2.24, 2.45) is 0 Å². The van der Waals surface area contributed by atoms with E-state index in [-0.39, 0.29) is 5.91 Å². The van der Waals surface area contributed by atoms with E-state index in [1.54, 1.807) is 17.3 Å². The van der Waals surface area contributed by atoms with Gasteiger partial charge in [0.1, 0.15) is 0 Å². The van der Waals surface area contributed by atoms with E-state index in [0.29, 0.717) is 19.0 Å². The van der Waals surface area contributed by atoms with Crippen LogP contribution in [-0.4, -0.2) is 52.2 Å². The van der Waals surface area contributed by atoms with Gasteiger partial charge in [0.25, 0.3) is 0 Å². The lowest BCUT2D eigenvalue weighted by molar-refractivity contribution is -0.126. The minimum atomic E-state index is -0.0215. The summed E-state index contributed by atoms with van der Waals surface area (Å²) >= 11 is 0. The number of nitrogens with zero attached hydrogens (tertiary/aromatic N) is 5. The number of hydrogen-bond donors (Lipinski definition) is 0. The van der Waals surface area contributed by atoms with E-state index in [4.69, 9.17) is 0 Å². The van der Waals surface area contributed by atoms with Gasteiger partial charge < -0.3 is 9.80 Å². The highest BCUT2D eigenvalue weighted by atomic mass is 16.2. The Balaban J connectivity index is 1.95. The molecule has 1 aromatic rings. The maximum atomic E-state index is 11.4. The van der Waals surface area contributed by atoms with Crippen molar-refractivity contribution in [1.82, 2.24) is 20.1 Å². The topological polar surface area (TPSA) is 62.2 Å². The van der Waals surface area contributed by atoms with Gasteiger partial charge in [-0.3, -0.25) is 4.79 Å². The molecule has 1 aliphatic rings. The molecule has 1 saturated heterocycles. The van der Waals surface area contributed by atoms with E-state index in [1.165, 1.54) is 6.08 Å². The van der Waals surface area contributed by atoms with Gasteiger partial charge in [-0.15, -0.1) is 5.10 Å². The standard InChI is InChI=1S/C10H13N5O/c1-2-9(16)14-5-7-15(8-6-14)10-11-3-4-12-13-10/h2-4H,1,5-8H2. The molecule has 1 aliphatic heterocycles. The Hall–Kier alpha value is -1.98. The van der Waals surface area contributed by atoms with Gasteiger partial charge in [0.05, 0.1) is 12.4 Å². The summed E-state index contributed by atoms with van der Waals surface area (Å²) in [5.41, 5.74) is 0. The Kier molecular flexibility index (Phi) is 3.09. The minimum Gasteiger partial charge on any atom is -0.336 e. The van der Waals surface area contributed by atoms with Crippen LogP contribution in [0.2, 0.25) is 0 Å². The van der Waals surface area contributed by atoms with Gasteiger partial charge in [-0.05, 0) is 6.08 Å². The zero-order valence-corrected chi connectivity index (χ0v) is 8.91. The number of amides is 1. The molecular weight excluding hydrogens is 206 g/mol. The number of anilines is 1. The molecule has 1 fully saturated rings. The lowest BCUT2D eigenvalue weighted by Crippen LogP contribution is -2.48. The van der Waals surface area contributed by atoms with E-state index in [1.807, 2.05) is 4.90 Å². The molecule has 0 bridgehead atoms. The quantitative estimate of drug-likeness (QED) is 0.639. The lowest BCUT2D eigenvalue weighted by atomic mass is 10.3. The lowest BCUT2D eigenvalue weighted by Gasteiger charge is -2.33. The van der Waals surface area contributed by atoms with Crippen molar-refractivity contribution >= 4 is 11.9 Å². The molecule has 0 spiro atoms. The van der Waals surface area contributed by atoms with Gasteiger partial charge in [-0.25, -0.2) is 4.98 Å². The molecule has 0 unspecified atom stereocenters. The minimum absolute atomic E-state index is 0.0215. The molecule has 0 saturated carbocycles. The molecule has 0 radical (unpaired) electrons. The van der Waals surface area contributed by atoms with Crippen molar-refractivity contribution in [2.75, 3.05) is 31.1 Å². The van der Waals surface area contributed by atoms with Crippen LogP contribution < -0.4 is 4.90 Å². The van der Waals surface area contributed by atoms with Crippen LogP contribution in [0, 0.1) is 0 Å². The highest BCUT2D eigenvalue weighted by Gasteiger charge is 2.20. The van der Waals surface area contributed by atoms with Gasteiger partial charge in [-0.1, -0.05) is 6.58 Å². The first-order chi connectivity index (χ1) is 7.81. The highest BCUT2D eigenvalue weighted by molar-refractivity contribution is 5.87. The summed E-state index contributed by atoms with van der Waals surface area (Å²) < 4.78 is 0. The van der Waals surface area contributed by atoms with Gasteiger partial charge in [0.2, 0.25) is 11.9 Å². The third-order valence-electron chi connectivity index (χ3n) is 2.52. The summed E-state index contributed by atoms with van der Waals surface area (Å²) in [4.78, 5) is 19.3. The first-order valence-corrected chi connectivity index (χ1v) is 5.11. The van der Waals surface area contributed by atoms with E-state index in [9.17, 15) is 4.79 Å². The molecule has 0 N–H and O–H groups in total.